The topological polar surface area (TPSA) is 61.7 Å². The maximum atomic E-state index is 13.9. The highest BCUT2D eigenvalue weighted by Gasteiger charge is 2.61. The number of likely N-dealkylation sites (tertiary alicyclic amines) is 2. The van der Waals surface area contributed by atoms with Gasteiger partial charge in [-0.15, -0.1) is 0 Å². The van der Waals surface area contributed by atoms with Crippen LogP contribution in [0.25, 0.3) is 0 Å². The highest BCUT2D eigenvalue weighted by atomic mass is 16.2. The first-order valence-electron chi connectivity index (χ1n) is 11.3. The number of amides is 2. The van der Waals surface area contributed by atoms with Gasteiger partial charge in [-0.2, -0.15) is 0 Å². The molecule has 2 fully saturated rings. The zero-order chi connectivity index (χ0) is 21.8. The second kappa shape index (κ2) is 7.48. The van der Waals surface area contributed by atoms with Crippen molar-refractivity contribution < 1.29 is 9.59 Å². The summed E-state index contributed by atoms with van der Waals surface area (Å²) in [5, 5.41) is 0. The minimum Gasteiger partial charge on any atom is -0.342 e. The molecule has 164 valence electrons. The van der Waals surface area contributed by atoms with Gasteiger partial charge < -0.3 is 14.4 Å². The summed E-state index contributed by atoms with van der Waals surface area (Å²) in [6, 6.07) is 7.75. The van der Waals surface area contributed by atoms with Gasteiger partial charge in [0, 0.05) is 57.2 Å². The molecule has 0 aliphatic carbocycles. The number of aryl methyl sites for hydroxylation is 1. The van der Waals surface area contributed by atoms with Gasteiger partial charge in [-0.05, 0) is 38.3 Å². The van der Waals surface area contributed by atoms with Gasteiger partial charge in [0.25, 0.3) is 5.91 Å². The van der Waals surface area contributed by atoms with Gasteiger partial charge >= 0.3 is 0 Å². The molecule has 5 rings (SSSR count). The summed E-state index contributed by atoms with van der Waals surface area (Å²) in [7, 11) is 2.00. The molecule has 31 heavy (non-hydrogen) atoms. The standard InChI is InChI=1S/C24H31N5O2/c1-17(2)29-22(30)19-9-5-4-8-18(19)21(23(31)28-11-6-7-12-28)24(29)15-27(16-24)14-20-25-10-13-26(20)3/h4-5,8-10,13,17,21H,6-7,11-12,14-16H2,1-3H3. The second-order valence-electron chi connectivity index (χ2n) is 9.52. The van der Waals surface area contributed by atoms with E-state index in [-0.39, 0.29) is 23.8 Å². The minimum atomic E-state index is -0.509. The number of rotatable bonds is 4. The lowest BCUT2D eigenvalue weighted by Gasteiger charge is -2.62. The van der Waals surface area contributed by atoms with Gasteiger partial charge in [0.05, 0.1) is 18.0 Å². The molecule has 0 bridgehead atoms. The van der Waals surface area contributed by atoms with Gasteiger partial charge in [0.2, 0.25) is 5.91 Å². The van der Waals surface area contributed by atoms with Gasteiger partial charge in [-0.1, -0.05) is 18.2 Å². The lowest BCUT2D eigenvalue weighted by molar-refractivity contribution is -0.144. The number of carbonyl (C=O) groups excluding carboxylic acids is 2. The summed E-state index contributed by atoms with van der Waals surface area (Å²) in [6.07, 6.45) is 5.88. The van der Waals surface area contributed by atoms with E-state index in [0.717, 1.165) is 43.9 Å². The molecule has 1 atom stereocenters. The van der Waals surface area contributed by atoms with Crippen molar-refractivity contribution >= 4 is 11.8 Å². The predicted molar refractivity (Wildman–Crippen MR) is 118 cm³/mol. The lowest BCUT2D eigenvalue weighted by Crippen LogP contribution is -2.77. The molecule has 2 amide bonds. The first kappa shape index (κ1) is 20.2. The van der Waals surface area contributed by atoms with Gasteiger partial charge in [0.1, 0.15) is 5.82 Å². The van der Waals surface area contributed by atoms with Crippen molar-refractivity contribution in [3.8, 4) is 0 Å². The second-order valence-corrected chi connectivity index (χ2v) is 9.52. The predicted octanol–water partition coefficient (Wildman–Crippen LogP) is 2.24. The Hall–Kier alpha value is -2.67. The molecule has 3 aliphatic rings. The summed E-state index contributed by atoms with van der Waals surface area (Å²) in [6.45, 7) is 7.85. The van der Waals surface area contributed by atoms with Crippen molar-refractivity contribution in [1.29, 1.82) is 0 Å². The number of nitrogens with zero attached hydrogens (tertiary/aromatic N) is 5. The van der Waals surface area contributed by atoms with Crippen LogP contribution in [0.2, 0.25) is 0 Å². The molecule has 1 unspecified atom stereocenters. The first-order chi connectivity index (χ1) is 14.9. The van der Waals surface area contributed by atoms with Crippen LogP contribution in [0.3, 0.4) is 0 Å². The van der Waals surface area contributed by atoms with E-state index in [1.807, 2.05) is 58.1 Å². The number of benzene rings is 1. The van der Waals surface area contributed by atoms with E-state index in [9.17, 15) is 9.59 Å². The summed E-state index contributed by atoms with van der Waals surface area (Å²) in [5.41, 5.74) is 1.07. The van der Waals surface area contributed by atoms with Crippen LogP contribution in [0, 0.1) is 0 Å². The SMILES string of the molecule is CC(C)N1C(=O)c2ccccc2C(C(=O)N2CCCC2)C12CN(Cc1nccn1C)C2. The number of imidazole rings is 1. The van der Waals surface area contributed by atoms with Crippen LogP contribution in [0.15, 0.2) is 36.7 Å². The molecule has 1 spiro atoms. The highest BCUT2D eigenvalue weighted by Crippen LogP contribution is 2.48. The smallest absolute Gasteiger partial charge is 0.254 e. The van der Waals surface area contributed by atoms with Crippen LogP contribution in [0.1, 0.15) is 54.4 Å². The van der Waals surface area contributed by atoms with E-state index in [4.69, 9.17) is 0 Å². The average Bonchev–Trinajstić information content (AvgIpc) is 3.39. The quantitative estimate of drug-likeness (QED) is 0.760. The van der Waals surface area contributed by atoms with Crippen molar-refractivity contribution in [2.24, 2.45) is 7.05 Å². The number of hydrogen-bond acceptors (Lipinski definition) is 4. The van der Waals surface area contributed by atoms with Crippen LogP contribution in [-0.2, 0) is 18.4 Å². The fourth-order valence-corrected chi connectivity index (χ4v) is 5.86. The molecule has 2 aromatic rings. The fraction of sp³-hybridized carbons (Fsp3) is 0.542. The molecule has 1 aromatic heterocycles. The van der Waals surface area contributed by atoms with E-state index in [0.29, 0.717) is 18.7 Å². The molecule has 2 saturated heterocycles. The van der Waals surface area contributed by atoms with Crippen LogP contribution in [0.5, 0.6) is 0 Å². The molecule has 4 heterocycles. The van der Waals surface area contributed by atoms with E-state index in [1.165, 1.54) is 0 Å². The molecule has 0 saturated carbocycles. The summed E-state index contributed by atoms with van der Waals surface area (Å²) in [5.74, 6) is 0.905. The van der Waals surface area contributed by atoms with Crippen LogP contribution in [-0.4, -0.2) is 73.8 Å². The Labute approximate surface area is 183 Å². The largest absolute Gasteiger partial charge is 0.342 e. The molecule has 1 aromatic carbocycles. The van der Waals surface area contributed by atoms with Crippen molar-refractivity contribution in [3.05, 3.63) is 53.6 Å². The molecule has 3 aliphatic heterocycles. The molecule has 0 N–H and O–H groups in total. The lowest BCUT2D eigenvalue weighted by atomic mass is 9.67. The number of hydrogen-bond donors (Lipinski definition) is 0. The number of carbonyl (C=O) groups is 2. The summed E-state index contributed by atoms with van der Waals surface area (Å²) in [4.78, 5) is 38.3. The van der Waals surface area contributed by atoms with Crippen LogP contribution < -0.4 is 0 Å². The van der Waals surface area contributed by atoms with Crippen molar-refractivity contribution in [1.82, 2.24) is 24.3 Å². The summed E-state index contributed by atoms with van der Waals surface area (Å²) >= 11 is 0. The van der Waals surface area contributed by atoms with Gasteiger partial charge in [-0.25, -0.2) is 4.98 Å². The molecule has 0 radical (unpaired) electrons. The first-order valence-corrected chi connectivity index (χ1v) is 11.3. The molecule has 7 nitrogen and oxygen atoms in total. The zero-order valence-electron chi connectivity index (χ0n) is 18.6. The van der Waals surface area contributed by atoms with Gasteiger partial charge in [-0.3, -0.25) is 14.5 Å². The van der Waals surface area contributed by atoms with Crippen LogP contribution >= 0.6 is 0 Å². The Bertz CT molecular complexity index is 1000. The van der Waals surface area contributed by atoms with Crippen LogP contribution in [0.4, 0.5) is 0 Å². The Kier molecular flexibility index (Phi) is 4.88. The van der Waals surface area contributed by atoms with E-state index >= 15 is 0 Å². The Balaban J connectivity index is 1.55. The third-order valence-electron chi connectivity index (χ3n) is 7.20. The monoisotopic (exact) mass is 421 g/mol. The molecular weight excluding hydrogens is 390 g/mol. The van der Waals surface area contributed by atoms with Crippen molar-refractivity contribution in [2.45, 2.75) is 50.7 Å². The summed E-state index contributed by atoms with van der Waals surface area (Å²) < 4.78 is 2.03. The Morgan fingerprint density at radius 2 is 1.90 bits per heavy atom. The van der Waals surface area contributed by atoms with Crippen molar-refractivity contribution in [2.75, 3.05) is 26.2 Å². The molecular formula is C24H31N5O2. The Morgan fingerprint density at radius 1 is 1.19 bits per heavy atom. The molecule has 7 heteroatoms. The normalized spacial score (nSPS) is 22.8. The number of fused-ring (bicyclic) bond motifs is 1. The van der Waals surface area contributed by atoms with E-state index in [2.05, 4.69) is 23.7 Å². The maximum Gasteiger partial charge on any atom is 0.254 e. The third-order valence-corrected chi connectivity index (χ3v) is 7.20. The van der Waals surface area contributed by atoms with E-state index < -0.39 is 5.54 Å². The highest BCUT2D eigenvalue weighted by molar-refractivity contribution is 6.02. The van der Waals surface area contributed by atoms with Crippen molar-refractivity contribution in [3.63, 3.8) is 0 Å². The van der Waals surface area contributed by atoms with Gasteiger partial charge in [0.15, 0.2) is 0 Å². The Morgan fingerprint density at radius 3 is 2.55 bits per heavy atom. The van der Waals surface area contributed by atoms with E-state index in [1.54, 1.807) is 0 Å². The fourth-order valence-electron chi connectivity index (χ4n) is 5.86. The third kappa shape index (κ3) is 3.09. The zero-order valence-corrected chi connectivity index (χ0v) is 18.6. The number of aromatic nitrogens is 2. The minimum absolute atomic E-state index is 0.0186. The average molecular weight is 422 g/mol. The maximum absolute atomic E-state index is 13.9.